The van der Waals surface area contributed by atoms with E-state index in [9.17, 15) is 4.79 Å². The van der Waals surface area contributed by atoms with Gasteiger partial charge in [-0.2, -0.15) is 9.50 Å². The second kappa shape index (κ2) is 7.96. The van der Waals surface area contributed by atoms with Gasteiger partial charge in [-0.25, -0.2) is 4.98 Å². The number of rotatable bonds is 6. The number of nitrogens with zero attached hydrogens (tertiary/aromatic N) is 5. The topological polar surface area (TPSA) is 104 Å². The highest BCUT2D eigenvalue weighted by molar-refractivity contribution is 7.98. The zero-order chi connectivity index (χ0) is 20.5. The summed E-state index contributed by atoms with van der Waals surface area (Å²) in [4.78, 5) is 21.4. The molecule has 1 N–H and O–H groups in total. The lowest BCUT2D eigenvalue weighted by Gasteiger charge is -2.18. The summed E-state index contributed by atoms with van der Waals surface area (Å²) in [5.74, 6) is 2.63. The third-order valence-corrected chi connectivity index (χ3v) is 5.73. The quantitative estimate of drug-likeness (QED) is 0.467. The van der Waals surface area contributed by atoms with Crippen molar-refractivity contribution in [3.05, 3.63) is 52.6 Å². The molecule has 3 aromatic heterocycles. The predicted molar refractivity (Wildman–Crippen MR) is 111 cm³/mol. The number of ether oxygens (including phenoxy) is 2. The van der Waals surface area contributed by atoms with Crippen LogP contribution in [0.5, 0.6) is 11.5 Å². The lowest BCUT2D eigenvalue weighted by molar-refractivity contribution is 0.171. The first-order valence-electron chi connectivity index (χ1n) is 9.60. The number of thioether (sulfide) groups is 1. The van der Waals surface area contributed by atoms with Crippen molar-refractivity contribution in [2.24, 2.45) is 0 Å². The standard InChI is InChI=1S/C20H19N5O4S/c26-7-1-5-24-6-4-15-14(18(24)27)11-21-19-22-20(23-25(15)19)30-12-13-2-3-16-17(10-13)29-9-8-28-16/h2-4,6,10-11,26H,1,5,7-9,12H2. The van der Waals surface area contributed by atoms with E-state index in [1.807, 2.05) is 24.3 Å². The maximum atomic E-state index is 12.7. The van der Waals surface area contributed by atoms with Crippen molar-refractivity contribution >= 4 is 28.4 Å². The van der Waals surface area contributed by atoms with E-state index in [1.54, 1.807) is 15.3 Å². The molecule has 1 aliphatic heterocycles. The highest BCUT2D eigenvalue weighted by Crippen LogP contribution is 2.32. The first-order chi connectivity index (χ1) is 14.7. The molecule has 0 spiro atoms. The van der Waals surface area contributed by atoms with Crippen molar-refractivity contribution in [1.29, 1.82) is 0 Å². The number of aryl methyl sites for hydroxylation is 1. The molecule has 0 saturated carbocycles. The van der Waals surface area contributed by atoms with E-state index in [1.165, 1.54) is 18.0 Å². The third kappa shape index (κ3) is 3.48. The van der Waals surface area contributed by atoms with E-state index < -0.39 is 0 Å². The number of aliphatic hydroxyl groups excluding tert-OH is 1. The van der Waals surface area contributed by atoms with Crippen LogP contribution in [0.25, 0.3) is 16.7 Å². The molecule has 1 aromatic carbocycles. The highest BCUT2D eigenvalue weighted by atomic mass is 32.2. The molecule has 0 radical (unpaired) electrons. The fourth-order valence-electron chi connectivity index (χ4n) is 3.35. The zero-order valence-corrected chi connectivity index (χ0v) is 16.8. The van der Waals surface area contributed by atoms with E-state index in [2.05, 4.69) is 15.1 Å². The molecule has 0 aliphatic carbocycles. The molecule has 0 fully saturated rings. The number of hydrogen-bond donors (Lipinski definition) is 1. The van der Waals surface area contributed by atoms with E-state index in [4.69, 9.17) is 14.6 Å². The largest absolute Gasteiger partial charge is 0.486 e. The van der Waals surface area contributed by atoms with Crippen molar-refractivity contribution in [3.63, 3.8) is 0 Å². The molecule has 4 heterocycles. The van der Waals surface area contributed by atoms with Crippen molar-refractivity contribution in [2.45, 2.75) is 23.9 Å². The summed E-state index contributed by atoms with van der Waals surface area (Å²) in [6.45, 7) is 1.61. The van der Waals surface area contributed by atoms with Crippen LogP contribution in [0.2, 0.25) is 0 Å². The molecular formula is C20H19N5O4S. The van der Waals surface area contributed by atoms with E-state index in [-0.39, 0.29) is 12.2 Å². The summed E-state index contributed by atoms with van der Waals surface area (Å²) in [5.41, 5.74) is 1.58. The Bertz CT molecular complexity index is 1290. The van der Waals surface area contributed by atoms with Crippen LogP contribution in [0.3, 0.4) is 0 Å². The Morgan fingerprint density at radius 2 is 2.03 bits per heavy atom. The second-order valence-corrected chi connectivity index (χ2v) is 7.76. The van der Waals surface area contributed by atoms with Gasteiger partial charge in [-0.1, -0.05) is 17.8 Å². The van der Waals surface area contributed by atoms with Crippen LogP contribution < -0.4 is 15.0 Å². The van der Waals surface area contributed by atoms with Gasteiger partial charge in [-0.15, -0.1) is 5.10 Å². The molecular weight excluding hydrogens is 406 g/mol. The molecule has 0 bridgehead atoms. The van der Waals surface area contributed by atoms with E-state index in [0.717, 1.165) is 17.1 Å². The molecule has 10 heteroatoms. The van der Waals surface area contributed by atoms with Crippen molar-refractivity contribution in [3.8, 4) is 11.5 Å². The van der Waals surface area contributed by atoms with Crippen LogP contribution in [0, 0.1) is 0 Å². The third-order valence-electron chi connectivity index (χ3n) is 4.82. The molecule has 0 saturated heterocycles. The zero-order valence-electron chi connectivity index (χ0n) is 16.0. The smallest absolute Gasteiger partial charge is 0.261 e. The van der Waals surface area contributed by atoms with Crippen molar-refractivity contribution in [2.75, 3.05) is 19.8 Å². The minimum Gasteiger partial charge on any atom is -0.486 e. The predicted octanol–water partition coefficient (Wildman–Crippen LogP) is 1.89. The summed E-state index contributed by atoms with van der Waals surface area (Å²) >= 11 is 1.49. The van der Waals surface area contributed by atoms with Gasteiger partial charge in [0.15, 0.2) is 11.5 Å². The number of pyridine rings is 1. The number of fused-ring (bicyclic) bond motifs is 4. The lowest BCUT2D eigenvalue weighted by atomic mass is 10.2. The summed E-state index contributed by atoms with van der Waals surface area (Å²) < 4.78 is 14.4. The van der Waals surface area contributed by atoms with Crippen LogP contribution in [0.1, 0.15) is 12.0 Å². The monoisotopic (exact) mass is 425 g/mol. The second-order valence-electron chi connectivity index (χ2n) is 6.82. The molecule has 5 rings (SSSR count). The maximum absolute atomic E-state index is 12.7. The summed E-state index contributed by atoms with van der Waals surface area (Å²) in [6, 6.07) is 7.71. The maximum Gasteiger partial charge on any atom is 0.261 e. The van der Waals surface area contributed by atoms with Gasteiger partial charge >= 0.3 is 0 Å². The Kier molecular flexibility index (Phi) is 5.01. The van der Waals surface area contributed by atoms with Gasteiger partial charge in [0.25, 0.3) is 11.3 Å². The van der Waals surface area contributed by atoms with Crippen molar-refractivity contribution in [1.82, 2.24) is 24.1 Å². The molecule has 9 nitrogen and oxygen atoms in total. The Labute approximate surface area is 175 Å². The van der Waals surface area contributed by atoms with Gasteiger partial charge in [0.05, 0.1) is 10.9 Å². The minimum absolute atomic E-state index is 0.0365. The van der Waals surface area contributed by atoms with E-state index in [0.29, 0.717) is 53.8 Å². The summed E-state index contributed by atoms with van der Waals surface area (Å²) in [6.07, 6.45) is 3.76. The van der Waals surface area contributed by atoms with Crippen LogP contribution in [-0.4, -0.2) is 49.1 Å². The fourth-order valence-corrected chi connectivity index (χ4v) is 4.11. The number of benzene rings is 1. The minimum atomic E-state index is -0.156. The normalized spacial score (nSPS) is 13.2. The SMILES string of the molecule is O=c1c2cnc3nc(SCc4ccc5c(c4)OCCO5)nn3c2ccn1CCCO. The summed E-state index contributed by atoms with van der Waals surface area (Å²) in [5, 5.41) is 14.6. The number of hydrogen-bond acceptors (Lipinski definition) is 8. The molecule has 154 valence electrons. The van der Waals surface area contributed by atoms with Gasteiger partial charge in [-0.3, -0.25) is 4.79 Å². The molecule has 0 amide bonds. The Hall–Kier alpha value is -3.11. The Morgan fingerprint density at radius 1 is 1.17 bits per heavy atom. The van der Waals surface area contributed by atoms with Crippen LogP contribution in [-0.2, 0) is 12.3 Å². The average Bonchev–Trinajstić information content (AvgIpc) is 3.20. The van der Waals surface area contributed by atoms with Crippen LogP contribution >= 0.6 is 11.8 Å². The lowest BCUT2D eigenvalue weighted by Crippen LogP contribution is -2.21. The summed E-state index contributed by atoms with van der Waals surface area (Å²) in [7, 11) is 0. The Balaban J connectivity index is 1.41. The number of aromatic nitrogens is 5. The van der Waals surface area contributed by atoms with Gasteiger partial charge in [0.2, 0.25) is 5.16 Å². The molecule has 0 atom stereocenters. The number of aliphatic hydroxyl groups is 1. The van der Waals surface area contributed by atoms with Gasteiger partial charge in [-0.05, 0) is 30.2 Å². The molecule has 1 aliphatic rings. The van der Waals surface area contributed by atoms with Crippen LogP contribution in [0.15, 0.2) is 46.6 Å². The first kappa shape index (κ1) is 18.9. The first-order valence-corrected chi connectivity index (χ1v) is 10.6. The molecule has 0 unspecified atom stereocenters. The Morgan fingerprint density at radius 3 is 2.90 bits per heavy atom. The van der Waals surface area contributed by atoms with Gasteiger partial charge in [0, 0.05) is 31.3 Å². The van der Waals surface area contributed by atoms with Gasteiger partial charge < -0.3 is 19.1 Å². The van der Waals surface area contributed by atoms with Crippen LogP contribution in [0.4, 0.5) is 0 Å². The van der Waals surface area contributed by atoms with Crippen molar-refractivity contribution < 1.29 is 14.6 Å². The van der Waals surface area contributed by atoms with Gasteiger partial charge in [0.1, 0.15) is 13.2 Å². The molecule has 4 aromatic rings. The molecule has 30 heavy (non-hydrogen) atoms. The average molecular weight is 425 g/mol. The fraction of sp³-hybridized carbons (Fsp3) is 0.300. The highest BCUT2D eigenvalue weighted by Gasteiger charge is 2.14. The van der Waals surface area contributed by atoms with E-state index >= 15 is 0 Å².